The second-order valence-electron chi connectivity index (χ2n) is 5.54. The lowest BCUT2D eigenvalue weighted by atomic mass is 10.1. The minimum atomic E-state index is -3.64. The van der Waals surface area contributed by atoms with E-state index >= 15 is 0 Å². The molecule has 2 rings (SSSR count). The molecular formula is C13H20N4O2S2. The van der Waals surface area contributed by atoms with Gasteiger partial charge in [-0.15, -0.1) is 0 Å². The molecule has 2 N–H and O–H groups in total. The molecule has 21 heavy (non-hydrogen) atoms. The molecule has 0 aromatic carbocycles. The van der Waals surface area contributed by atoms with E-state index in [9.17, 15) is 8.42 Å². The van der Waals surface area contributed by atoms with Gasteiger partial charge in [0, 0.05) is 25.3 Å². The molecule has 1 aromatic heterocycles. The van der Waals surface area contributed by atoms with Gasteiger partial charge < -0.3 is 10.6 Å². The Labute approximate surface area is 131 Å². The van der Waals surface area contributed by atoms with Crippen LogP contribution in [0.3, 0.4) is 0 Å². The standard InChI is InChI=1S/C13H20N4O2S2/c1-9-7-17(8-10(9)16(2)3)21(18,19)11-5-4-6-15-12(11)13(14)20/h4-6,9-10H,7-8H2,1-3H3,(H2,14,20). The summed E-state index contributed by atoms with van der Waals surface area (Å²) < 4.78 is 27.1. The van der Waals surface area contributed by atoms with Gasteiger partial charge in [-0.2, -0.15) is 4.31 Å². The van der Waals surface area contributed by atoms with E-state index in [1.54, 1.807) is 6.07 Å². The molecule has 6 nitrogen and oxygen atoms in total. The monoisotopic (exact) mass is 328 g/mol. The highest BCUT2D eigenvalue weighted by Gasteiger charge is 2.39. The van der Waals surface area contributed by atoms with E-state index < -0.39 is 10.0 Å². The maximum Gasteiger partial charge on any atom is 0.245 e. The molecule has 1 fully saturated rings. The maximum atomic E-state index is 12.8. The molecule has 8 heteroatoms. The summed E-state index contributed by atoms with van der Waals surface area (Å²) in [6.07, 6.45) is 1.49. The number of nitrogens with zero attached hydrogens (tertiary/aromatic N) is 3. The van der Waals surface area contributed by atoms with Crippen molar-refractivity contribution in [3.05, 3.63) is 24.0 Å². The lowest BCUT2D eigenvalue weighted by Crippen LogP contribution is -2.36. The Morgan fingerprint density at radius 1 is 1.48 bits per heavy atom. The van der Waals surface area contributed by atoms with E-state index in [4.69, 9.17) is 18.0 Å². The lowest BCUT2D eigenvalue weighted by Gasteiger charge is -2.22. The predicted octanol–water partition coefficient (Wildman–Crippen LogP) is 0.286. The molecule has 0 spiro atoms. The molecule has 116 valence electrons. The average molecular weight is 328 g/mol. The first kappa shape index (κ1) is 16.3. The Morgan fingerprint density at radius 3 is 2.67 bits per heavy atom. The number of hydrogen-bond acceptors (Lipinski definition) is 5. The van der Waals surface area contributed by atoms with Crippen molar-refractivity contribution in [2.45, 2.75) is 17.9 Å². The maximum absolute atomic E-state index is 12.8. The number of pyridine rings is 1. The fourth-order valence-electron chi connectivity index (χ4n) is 2.70. The zero-order valence-corrected chi connectivity index (χ0v) is 14.0. The molecule has 0 aliphatic carbocycles. The molecule has 1 aliphatic rings. The lowest BCUT2D eigenvalue weighted by molar-refractivity contribution is 0.263. The summed E-state index contributed by atoms with van der Waals surface area (Å²) in [5.41, 5.74) is 5.75. The summed E-state index contributed by atoms with van der Waals surface area (Å²) in [4.78, 5) is 6.14. The predicted molar refractivity (Wildman–Crippen MR) is 85.5 cm³/mol. The number of likely N-dealkylation sites (N-methyl/N-ethyl adjacent to an activating group) is 1. The van der Waals surface area contributed by atoms with Crippen LogP contribution in [0.1, 0.15) is 12.6 Å². The van der Waals surface area contributed by atoms with Crippen LogP contribution in [-0.4, -0.2) is 60.8 Å². The molecule has 0 radical (unpaired) electrons. The molecular weight excluding hydrogens is 308 g/mol. The summed E-state index contributed by atoms with van der Waals surface area (Å²) in [6, 6.07) is 3.28. The summed E-state index contributed by atoms with van der Waals surface area (Å²) in [5.74, 6) is 0.264. The molecule has 2 atom stereocenters. The van der Waals surface area contributed by atoms with Crippen molar-refractivity contribution < 1.29 is 8.42 Å². The van der Waals surface area contributed by atoms with Gasteiger partial charge in [-0.1, -0.05) is 19.1 Å². The van der Waals surface area contributed by atoms with E-state index in [2.05, 4.69) is 16.8 Å². The number of sulfonamides is 1. The highest BCUT2D eigenvalue weighted by Crippen LogP contribution is 2.27. The minimum Gasteiger partial charge on any atom is -0.388 e. The van der Waals surface area contributed by atoms with Crippen molar-refractivity contribution in [2.75, 3.05) is 27.2 Å². The molecule has 0 bridgehead atoms. The van der Waals surface area contributed by atoms with Gasteiger partial charge in [0.25, 0.3) is 0 Å². The molecule has 0 amide bonds. The van der Waals surface area contributed by atoms with Gasteiger partial charge >= 0.3 is 0 Å². The van der Waals surface area contributed by atoms with Crippen LogP contribution in [-0.2, 0) is 10.0 Å². The largest absolute Gasteiger partial charge is 0.388 e. The summed E-state index contributed by atoms with van der Waals surface area (Å²) in [5, 5.41) is 0. The highest BCUT2D eigenvalue weighted by molar-refractivity contribution is 7.89. The Bertz CT molecular complexity index is 645. The molecule has 2 unspecified atom stereocenters. The van der Waals surface area contributed by atoms with Crippen molar-refractivity contribution in [3.8, 4) is 0 Å². The van der Waals surface area contributed by atoms with Crippen molar-refractivity contribution in [3.63, 3.8) is 0 Å². The zero-order chi connectivity index (χ0) is 15.8. The fraction of sp³-hybridized carbons (Fsp3) is 0.538. The second-order valence-corrected chi connectivity index (χ2v) is 7.89. The first-order valence-electron chi connectivity index (χ1n) is 6.66. The SMILES string of the molecule is CC1CN(S(=O)(=O)c2cccnc2C(N)=S)CC1N(C)C. The Hall–Kier alpha value is -1.09. The number of hydrogen-bond donors (Lipinski definition) is 1. The first-order valence-corrected chi connectivity index (χ1v) is 8.51. The van der Waals surface area contributed by atoms with Crippen LogP contribution in [0.15, 0.2) is 23.2 Å². The first-order chi connectivity index (χ1) is 9.75. The van der Waals surface area contributed by atoms with Crippen molar-refractivity contribution in [2.24, 2.45) is 11.7 Å². The number of thiocarbonyl (C=S) groups is 1. The van der Waals surface area contributed by atoms with Gasteiger partial charge in [0.05, 0.1) is 0 Å². The smallest absolute Gasteiger partial charge is 0.245 e. The third-order valence-electron chi connectivity index (χ3n) is 3.82. The topological polar surface area (TPSA) is 79.5 Å². The van der Waals surface area contributed by atoms with E-state index in [-0.39, 0.29) is 27.5 Å². The van der Waals surface area contributed by atoms with Crippen LogP contribution >= 0.6 is 12.2 Å². The fourth-order valence-corrected chi connectivity index (χ4v) is 4.64. The van der Waals surface area contributed by atoms with Gasteiger partial charge in [0.15, 0.2) is 0 Å². The van der Waals surface area contributed by atoms with Crippen LogP contribution in [0, 0.1) is 5.92 Å². The van der Waals surface area contributed by atoms with E-state index in [0.29, 0.717) is 13.1 Å². The zero-order valence-electron chi connectivity index (χ0n) is 12.4. The summed E-state index contributed by atoms with van der Waals surface area (Å²) in [7, 11) is 0.283. The molecule has 1 aromatic rings. The Morgan fingerprint density at radius 2 is 2.14 bits per heavy atom. The van der Waals surface area contributed by atoms with E-state index in [1.807, 2.05) is 14.1 Å². The van der Waals surface area contributed by atoms with Crippen molar-refractivity contribution in [1.82, 2.24) is 14.2 Å². The molecule has 1 aliphatic heterocycles. The molecule has 0 saturated carbocycles. The van der Waals surface area contributed by atoms with Crippen LogP contribution < -0.4 is 5.73 Å². The van der Waals surface area contributed by atoms with Crippen LogP contribution in [0.4, 0.5) is 0 Å². The minimum absolute atomic E-state index is 0.00872. The van der Waals surface area contributed by atoms with Crippen LogP contribution in [0.5, 0.6) is 0 Å². The van der Waals surface area contributed by atoms with Crippen molar-refractivity contribution in [1.29, 1.82) is 0 Å². The third-order valence-corrected chi connectivity index (χ3v) is 5.88. The van der Waals surface area contributed by atoms with Crippen molar-refractivity contribution >= 4 is 27.2 Å². The van der Waals surface area contributed by atoms with Gasteiger partial charge in [-0.05, 0) is 32.1 Å². The van der Waals surface area contributed by atoms with E-state index in [0.717, 1.165) is 0 Å². The second kappa shape index (κ2) is 5.96. The third kappa shape index (κ3) is 3.08. The molecule has 1 saturated heterocycles. The van der Waals surface area contributed by atoms with E-state index in [1.165, 1.54) is 16.6 Å². The number of aromatic nitrogens is 1. The summed E-state index contributed by atoms with van der Waals surface area (Å²) in [6.45, 7) is 3.00. The number of rotatable bonds is 4. The van der Waals surface area contributed by atoms with Gasteiger partial charge in [-0.3, -0.25) is 4.98 Å². The average Bonchev–Trinajstić information content (AvgIpc) is 2.81. The Balaban J connectivity index is 2.39. The Kier molecular flexibility index (Phi) is 4.62. The van der Waals surface area contributed by atoms with Gasteiger partial charge in [-0.25, -0.2) is 8.42 Å². The quantitative estimate of drug-likeness (QED) is 0.800. The number of nitrogens with two attached hydrogens (primary N) is 1. The van der Waals surface area contributed by atoms with Crippen LogP contribution in [0.25, 0.3) is 0 Å². The van der Waals surface area contributed by atoms with Gasteiger partial charge in [0.2, 0.25) is 10.0 Å². The summed E-state index contributed by atoms with van der Waals surface area (Å²) >= 11 is 4.91. The molecule has 2 heterocycles. The van der Waals surface area contributed by atoms with Crippen LogP contribution in [0.2, 0.25) is 0 Å². The highest BCUT2D eigenvalue weighted by atomic mass is 32.2. The normalized spacial score (nSPS) is 23.6. The van der Waals surface area contributed by atoms with Gasteiger partial charge in [0.1, 0.15) is 15.6 Å².